The maximum Gasteiger partial charge on any atom is 0.243 e. The number of rotatable bonds is 6. The van der Waals surface area contributed by atoms with Crippen LogP contribution in [0, 0.1) is 5.92 Å². The summed E-state index contributed by atoms with van der Waals surface area (Å²) in [5, 5.41) is 5.48. The minimum atomic E-state index is -0.196. The first-order valence-electron chi connectivity index (χ1n) is 8.63. The van der Waals surface area contributed by atoms with Crippen molar-refractivity contribution in [1.29, 1.82) is 0 Å². The lowest BCUT2D eigenvalue weighted by atomic mass is 10.1. The van der Waals surface area contributed by atoms with Crippen LogP contribution in [0.4, 0.5) is 5.69 Å². The van der Waals surface area contributed by atoms with Crippen molar-refractivity contribution >= 4 is 17.5 Å². The lowest BCUT2D eigenvalue weighted by Crippen LogP contribution is -2.38. The number of carbonyl (C=O) groups is 2. The van der Waals surface area contributed by atoms with E-state index < -0.39 is 0 Å². The molecule has 2 fully saturated rings. The summed E-state index contributed by atoms with van der Waals surface area (Å²) >= 11 is 0. The molecule has 0 bridgehead atoms. The average Bonchev–Trinajstić information content (AvgIpc) is 3.46. The molecule has 6 nitrogen and oxygen atoms in total. The van der Waals surface area contributed by atoms with Crippen LogP contribution in [-0.4, -0.2) is 49.6 Å². The van der Waals surface area contributed by atoms with Crippen molar-refractivity contribution in [2.75, 3.05) is 38.2 Å². The van der Waals surface area contributed by atoms with Gasteiger partial charge in [-0.3, -0.25) is 14.5 Å². The predicted octanol–water partition coefficient (Wildman–Crippen LogP) is 1.54. The largest absolute Gasteiger partial charge is 0.379 e. The Bertz CT molecular complexity index is 578. The molecule has 24 heavy (non-hydrogen) atoms. The van der Waals surface area contributed by atoms with Gasteiger partial charge < -0.3 is 15.4 Å². The summed E-state index contributed by atoms with van der Waals surface area (Å²) in [5.41, 5.74) is 1.97. The monoisotopic (exact) mass is 331 g/mol. The minimum absolute atomic E-state index is 0.0140. The fourth-order valence-corrected chi connectivity index (χ4v) is 2.88. The summed E-state index contributed by atoms with van der Waals surface area (Å²) in [7, 11) is 0. The van der Waals surface area contributed by atoms with Gasteiger partial charge in [0, 0.05) is 30.7 Å². The molecule has 0 aromatic heterocycles. The van der Waals surface area contributed by atoms with Crippen LogP contribution in [0.5, 0.6) is 0 Å². The third kappa shape index (κ3) is 4.55. The maximum absolute atomic E-state index is 11.9. The fraction of sp³-hybridized carbons (Fsp3) is 0.556. The Hall–Kier alpha value is -1.92. The van der Waals surface area contributed by atoms with Gasteiger partial charge in [0.25, 0.3) is 0 Å². The molecular weight excluding hydrogens is 306 g/mol. The molecule has 1 aliphatic carbocycles. The second-order valence-corrected chi connectivity index (χ2v) is 6.49. The summed E-state index contributed by atoms with van der Waals surface area (Å²) in [6.07, 6.45) is 1.88. The zero-order valence-electron chi connectivity index (χ0n) is 14.1. The van der Waals surface area contributed by atoms with Crippen molar-refractivity contribution in [3.8, 4) is 0 Å². The molecule has 0 radical (unpaired) electrons. The Morgan fingerprint density at radius 2 is 1.88 bits per heavy atom. The molecular formula is C18H25N3O3. The highest BCUT2D eigenvalue weighted by atomic mass is 16.5. The average molecular weight is 331 g/mol. The van der Waals surface area contributed by atoms with E-state index in [9.17, 15) is 9.59 Å². The van der Waals surface area contributed by atoms with Crippen molar-refractivity contribution in [3.63, 3.8) is 0 Å². The number of morpholine rings is 1. The van der Waals surface area contributed by atoms with Crippen LogP contribution in [-0.2, 0) is 14.3 Å². The Morgan fingerprint density at radius 3 is 2.50 bits per heavy atom. The number of nitrogens with one attached hydrogen (secondary N) is 2. The molecule has 1 atom stereocenters. The molecule has 1 heterocycles. The van der Waals surface area contributed by atoms with Gasteiger partial charge in [-0.05, 0) is 37.5 Å². The van der Waals surface area contributed by atoms with Gasteiger partial charge in [-0.1, -0.05) is 12.1 Å². The zero-order valence-corrected chi connectivity index (χ0v) is 14.1. The second-order valence-electron chi connectivity index (χ2n) is 6.49. The molecule has 2 aliphatic rings. The normalized spacial score (nSPS) is 19.5. The van der Waals surface area contributed by atoms with Crippen molar-refractivity contribution in [2.45, 2.75) is 25.8 Å². The minimum Gasteiger partial charge on any atom is -0.379 e. The summed E-state index contributed by atoms with van der Waals surface area (Å²) < 4.78 is 5.39. The molecule has 1 aromatic rings. The van der Waals surface area contributed by atoms with E-state index in [1.54, 1.807) is 0 Å². The fourth-order valence-electron chi connectivity index (χ4n) is 2.88. The molecule has 3 rings (SSSR count). The lowest BCUT2D eigenvalue weighted by molar-refractivity contribution is -0.125. The number of benzene rings is 1. The van der Waals surface area contributed by atoms with Gasteiger partial charge in [0.15, 0.2) is 0 Å². The number of ether oxygens (including phenoxy) is 1. The third-order valence-corrected chi connectivity index (χ3v) is 4.64. The Labute approximate surface area is 142 Å². The quantitative estimate of drug-likeness (QED) is 0.830. The van der Waals surface area contributed by atoms with Crippen molar-refractivity contribution < 1.29 is 14.3 Å². The van der Waals surface area contributed by atoms with E-state index in [0.29, 0.717) is 6.04 Å². The topological polar surface area (TPSA) is 70.7 Å². The van der Waals surface area contributed by atoms with E-state index in [4.69, 9.17) is 4.74 Å². The number of nitrogens with zero attached hydrogens (tertiary/aromatic N) is 1. The molecule has 130 valence electrons. The molecule has 2 N–H and O–H groups in total. The van der Waals surface area contributed by atoms with Crippen LogP contribution in [0.25, 0.3) is 0 Å². The van der Waals surface area contributed by atoms with Crippen molar-refractivity contribution in [3.05, 3.63) is 29.8 Å². The molecule has 1 saturated heterocycles. The summed E-state index contributed by atoms with van der Waals surface area (Å²) in [6, 6.07) is 8.23. The highest BCUT2D eigenvalue weighted by Gasteiger charge is 2.29. The lowest BCUT2D eigenvalue weighted by Gasteiger charge is -2.32. The number of carbonyl (C=O) groups excluding carboxylic acids is 2. The van der Waals surface area contributed by atoms with Crippen LogP contribution in [0.1, 0.15) is 31.4 Å². The van der Waals surface area contributed by atoms with Crippen LogP contribution >= 0.6 is 0 Å². The van der Waals surface area contributed by atoms with Crippen molar-refractivity contribution in [2.24, 2.45) is 5.92 Å². The first kappa shape index (κ1) is 16.9. The molecule has 0 unspecified atom stereocenters. The van der Waals surface area contributed by atoms with Gasteiger partial charge in [-0.2, -0.15) is 0 Å². The molecule has 1 aliphatic heterocycles. The van der Waals surface area contributed by atoms with Gasteiger partial charge in [0.1, 0.15) is 0 Å². The van der Waals surface area contributed by atoms with E-state index in [1.165, 1.54) is 5.56 Å². The van der Waals surface area contributed by atoms with Crippen LogP contribution < -0.4 is 10.6 Å². The summed E-state index contributed by atoms with van der Waals surface area (Å²) in [5.74, 6) is -0.0865. The van der Waals surface area contributed by atoms with Crippen LogP contribution in [0.3, 0.4) is 0 Å². The molecule has 1 aromatic carbocycles. The van der Waals surface area contributed by atoms with E-state index in [1.807, 2.05) is 24.3 Å². The highest BCUT2D eigenvalue weighted by molar-refractivity contribution is 5.95. The first-order chi connectivity index (χ1) is 11.6. The van der Waals surface area contributed by atoms with E-state index in [0.717, 1.165) is 44.8 Å². The summed E-state index contributed by atoms with van der Waals surface area (Å²) in [4.78, 5) is 25.8. The Balaban J connectivity index is 1.48. The van der Waals surface area contributed by atoms with Crippen molar-refractivity contribution in [1.82, 2.24) is 10.2 Å². The number of amides is 2. The second kappa shape index (κ2) is 7.77. The maximum atomic E-state index is 11.9. The van der Waals surface area contributed by atoms with Gasteiger partial charge in [0.05, 0.1) is 19.8 Å². The number of anilines is 1. The zero-order chi connectivity index (χ0) is 16.9. The molecule has 2 amide bonds. The van der Waals surface area contributed by atoms with Crippen LogP contribution in [0.15, 0.2) is 24.3 Å². The Morgan fingerprint density at radius 1 is 1.21 bits per heavy atom. The predicted molar refractivity (Wildman–Crippen MR) is 91.6 cm³/mol. The van der Waals surface area contributed by atoms with E-state index >= 15 is 0 Å². The smallest absolute Gasteiger partial charge is 0.243 e. The molecule has 1 saturated carbocycles. The standard InChI is InChI=1S/C18H25N3O3/c1-13(21-8-10-24-11-9-21)14-4-6-16(7-5-14)20-17(22)12-19-18(23)15-2-3-15/h4-7,13,15H,2-3,8-12H2,1H3,(H,19,23)(H,20,22)/t13-/m0/s1. The third-order valence-electron chi connectivity index (χ3n) is 4.64. The highest BCUT2D eigenvalue weighted by Crippen LogP contribution is 2.28. The first-order valence-corrected chi connectivity index (χ1v) is 8.63. The molecule has 0 spiro atoms. The van der Waals surface area contributed by atoms with Crippen LogP contribution in [0.2, 0.25) is 0 Å². The van der Waals surface area contributed by atoms with E-state index in [-0.39, 0.29) is 24.3 Å². The number of hydrogen-bond donors (Lipinski definition) is 2. The SMILES string of the molecule is C[C@@H](c1ccc(NC(=O)CNC(=O)C2CC2)cc1)N1CCOCC1. The van der Waals surface area contributed by atoms with Gasteiger partial charge in [0.2, 0.25) is 11.8 Å². The Kier molecular flexibility index (Phi) is 5.48. The molecule has 6 heteroatoms. The summed E-state index contributed by atoms with van der Waals surface area (Å²) in [6.45, 7) is 5.67. The number of hydrogen-bond acceptors (Lipinski definition) is 4. The van der Waals surface area contributed by atoms with Gasteiger partial charge in [-0.25, -0.2) is 0 Å². The van der Waals surface area contributed by atoms with Gasteiger partial charge in [-0.15, -0.1) is 0 Å². The van der Waals surface area contributed by atoms with Gasteiger partial charge >= 0.3 is 0 Å². The van der Waals surface area contributed by atoms with E-state index in [2.05, 4.69) is 22.5 Å².